The predicted molar refractivity (Wildman–Crippen MR) is 137 cm³/mol. The van der Waals surface area contributed by atoms with Crippen LogP contribution in [0.15, 0.2) is 29.6 Å². The van der Waals surface area contributed by atoms with Crippen molar-refractivity contribution in [1.29, 1.82) is 0 Å². The highest BCUT2D eigenvalue weighted by molar-refractivity contribution is 7.16. The van der Waals surface area contributed by atoms with Crippen LogP contribution >= 0.6 is 11.3 Å². The van der Waals surface area contributed by atoms with Gasteiger partial charge in [0.2, 0.25) is 0 Å². The Labute approximate surface area is 203 Å². The number of methoxy groups -OCH3 is 1. The number of carbonyl (C=O) groups is 1. The van der Waals surface area contributed by atoms with Gasteiger partial charge in [-0.25, -0.2) is 4.98 Å². The van der Waals surface area contributed by atoms with Gasteiger partial charge < -0.3 is 24.1 Å². The summed E-state index contributed by atoms with van der Waals surface area (Å²) in [6, 6.07) is 8.59. The van der Waals surface area contributed by atoms with Crippen molar-refractivity contribution in [2.24, 2.45) is 13.0 Å². The minimum absolute atomic E-state index is 0.0463. The summed E-state index contributed by atoms with van der Waals surface area (Å²) in [6.45, 7) is 2.55. The summed E-state index contributed by atoms with van der Waals surface area (Å²) in [5.74, 6) is 2.41. The Bertz CT molecular complexity index is 1380. The molecule has 178 valence electrons. The lowest BCUT2D eigenvalue weighted by Gasteiger charge is -2.32. The van der Waals surface area contributed by atoms with Gasteiger partial charge in [-0.3, -0.25) is 4.79 Å². The van der Waals surface area contributed by atoms with E-state index >= 15 is 0 Å². The molecule has 3 aromatic heterocycles. The first-order valence-electron chi connectivity index (χ1n) is 12.2. The first kappa shape index (κ1) is 21.7. The zero-order chi connectivity index (χ0) is 23.4. The number of hydrogen-bond donors (Lipinski definition) is 1. The Morgan fingerprint density at radius 2 is 2.12 bits per heavy atom. The van der Waals surface area contributed by atoms with Gasteiger partial charge in [0.15, 0.2) is 5.82 Å². The zero-order valence-electron chi connectivity index (χ0n) is 20.0. The van der Waals surface area contributed by atoms with E-state index in [0.29, 0.717) is 17.4 Å². The summed E-state index contributed by atoms with van der Waals surface area (Å²) in [6.07, 6.45) is 4.72. The molecule has 1 atom stereocenters. The molecule has 2 fully saturated rings. The molecule has 1 saturated heterocycles. The van der Waals surface area contributed by atoms with Crippen molar-refractivity contribution in [3.8, 4) is 17.3 Å². The van der Waals surface area contributed by atoms with E-state index in [1.165, 1.54) is 23.1 Å². The molecule has 0 unspecified atom stereocenters. The summed E-state index contributed by atoms with van der Waals surface area (Å²) in [5.41, 5.74) is 3.49. The largest absolute Gasteiger partial charge is 0.494 e. The van der Waals surface area contributed by atoms with Gasteiger partial charge >= 0.3 is 0 Å². The first-order valence-corrected chi connectivity index (χ1v) is 13.0. The predicted octanol–water partition coefficient (Wildman–Crippen LogP) is 4.50. The summed E-state index contributed by atoms with van der Waals surface area (Å²) in [5, 5.41) is 6.74. The lowest BCUT2D eigenvalue weighted by Crippen LogP contribution is -2.46. The number of nitrogens with zero attached hydrogens (tertiary/aromatic N) is 4. The average molecular weight is 478 g/mol. The van der Waals surface area contributed by atoms with Crippen LogP contribution in [0.5, 0.6) is 5.75 Å². The van der Waals surface area contributed by atoms with E-state index in [0.717, 1.165) is 60.9 Å². The minimum Gasteiger partial charge on any atom is -0.494 e. The Hall–Kier alpha value is -2.84. The van der Waals surface area contributed by atoms with Crippen LogP contribution in [-0.4, -0.2) is 58.2 Å². The third-order valence-corrected chi connectivity index (χ3v) is 8.34. The third kappa shape index (κ3) is 3.60. The normalized spacial score (nSPS) is 18.8. The summed E-state index contributed by atoms with van der Waals surface area (Å²) < 4.78 is 10.3. The number of carbonyl (C=O) groups excluding carboxylic acids is 1. The number of nitrogens with one attached hydrogen (secondary N) is 1. The summed E-state index contributed by atoms with van der Waals surface area (Å²) >= 11 is 1.79. The Kier molecular flexibility index (Phi) is 5.37. The molecule has 4 aromatic rings. The molecule has 0 bridgehead atoms. The number of hydrogen-bond acceptors (Lipinski definition) is 5. The number of fused-ring (bicyclic) bond motifs is 2. The monoisotopic (exact) mass is 477 g/mol. The number of ether oxygens (including phenoxy) is 1. The van der Waals surface area contributed by atoms with Crippen molar-refractivity contribution in [1.82, 2.24) is 24.3 Å². The number of thiophene rings is 1. The van der Waals surface area contributed by atoms with Gasteiger partial charge in [-0.05, 0) is 68.3 Å². The standard InChI is InChI=1S/C26H31N5O2S/c1-27-19-5-4-9-30(15-19)25(32)18-11-20-23(22(13-18)33-3)29(2)24(28-20)21-12-17-8-10-34-26(17)31(21)14-16-6-7-16/h8,10-13,16,19,27H,4-7,9,14-15H2,1-3H3/t19-/m1/s1. The topological polar surface area (TPSA) is 64.3 Å². The van der Waals surface area contributed by atoms with Crippen LogP contribution in [0.4, 0.5) is 0 Å². The Balaban J connectivity index is 1.43. The second kappa shape index (κ2) is 8.43. The van der Waals surface area contributed by atoms with Crippen molar-refractivity contribution >= 4 is 38.5 Å². The molecule has 8 heteroatoms. The second-order valence-electron chi connectivity index (χ2n) is 9.68. The third-order valence-electron chi connectivity index (χ3n) is 7.39. The van der Waals surface area contributed by atoms with Crippen LogP contribution in [0.1, 0.15) is 36.0 Å². The number of aryl methyl sites for hydroxylation is 1. The molecule has 6 rings (SSSR count). The van der Waals surface area contributed by atoms with Crippen LogP contribution < -0.4 is 10.1 Å². The van der Waals surface area contributed by atoms with Crippen molar-refractivity contribution in [2.75, 3.05) is 27.2 Å². The fourth-order valence-corrected chi connectivity index (χ4v) is 6.21. The van der Waals surface area contributed by atoms with Crippen molar-refractivity contribution in [3.05, 3.63) is 35.2 Å². The van der Waals surface area contributed by atoms with Gasteiger partial charge in [0.05, 0.1) is 18.3 Å². The molecule has 7 nitrogen and oxygen atoms in total. The number of likely N-dealkylation sites (tertiary alicyclic amines) is 1. The highest BCUT2D eigenvalue weighted by Crippen LogP contribution is 2.39. The van der Waals surface area contributed by atoms with E-state index in [9.17, 15) is 4.79 Å². The van der Waals surface area contributed by atoms with E-state index < -0.39 is 0 Å². The molecule has 1 amide bonds. The number of imidazole rings is 1. The highest BCUT2D eigenvalue weighted by Gasteiger charge is 2.28. The van der Waals surface area contributed by atoms with Crippen LogP contribution in [0.2, 0.25) is 0 Å². The lowest BCUT2D eigenvalue weighted by atomic mass is 10.0. The molecule has 1 N–H and O–H groups in total. The molecule has 34 heavy (non-hydrogen) atoms. The molecule has 1 saturated carbocycles. The number of piperidine rings is 1. The quantitative estimate of drug-likeness (QED) is 0.444. The molecular weight excluding hydrogens is 446 g/mol. The molecule has 1 aliphatic carbocycles. The SMILES string of the molecule is CN[C@@H]1CCCN(C(=O)c2cc(OC)c3c(c2)nc(-c2cc4ccsc4n2CC2CC2)n3C)C1. The van der Waals surface area contributed by atoms with Gasteiger partial charge in [-0.1, -0.05) is 0 Å². The Morgan fingerprint density at radius 3 is 2.88 bits per heavy atom. The zero-order valence-corrected chi connectivity index (χ0v) is 20.8. The van der Waals surface area contributed by atoms with E-state index in [1.807, 2.05) is 31.1 Å². The van der Waals surface area contributed by atoms with Gasteiger partial charge in [0.25, 0.3) is 5.91 Å². The van der Waals surface area contributed by atoms with E-state index in [4.69, 9.17) is 9.72 Å². The van der Waals surface area contributed by atoms with Gasteiger partial charge in [-0.2, -0.15) is 0 Å². The number of aromatic nitrogens is 3. The molecule has 4 heterocycles. The van der Waals surface area contributed by atoms with Crippen LogP contribution in [0, 0.1) is 5.92 Å². The van der Waals surface area contributed by atoms with Crippen LogP contribution in [0.25, 0.3) is 32.8 Å². The highest BCUT2D eigenvalue weighted by atomic mass is 32.1. The van der Waals surface area contributed by atoms with Gasteiger partial charge in [-0.15, -0.1) is 11.3 Å². The molecular formula is C26H31N5O2S. The summed E-state index contributed by atoms with van der Waals surface area (Å²) in [4.78, 5) is 21.7. The summed E-state index contributed by atoms with van der Waals surface area (Å²) in [7, 11) is 5.67. The van der Waals surface area contributed by atoms with Crippen molar-refractivity contribution in [3.63, 3.8) is 0 Å². The maximum absolute atomic E-state index is 13.4. The van der Waals surface area contributed by atoms with E-state index in [1.54, 1.807) is 18.4 Å². The maximum Gasteiger partial charge on any atom is 0.254 e. The number of likely N-dealkylation sites (N-methyl/N-ethyl adjacent to an activating group) is 1. The number of amides is 1. The van der Waals surface area contributed by atoms with Gasteiger partial charge in [0, 0.05) is 43.7 Å². The Morgan fingerprint density at radius 1 is 1.26 bits per heavy atom. The molecule has 1 aliphatic heterocycles. The molecule has 0 radical (unpaired) electrons. The fraction of sp³-hybridized carbons (Fsp3) is 0.462. The average Bonchev–Trinajstić information content (AvgIpc) is 3.31. The number of benzene rings is 1. The first-order chi connectivity index (χ1) is 16.6. The van der Waals surface area contributed by atoms with Crippen LogP contribution in [0.3, 0.4) is 0 Å². The van der Waals surface area contributed by atoms with Crippen LogP contribution in [-0.2, 0) is 13.6 Å². The smallest absolute Gasteiger partial charge is 0.254 e. The number of rotatable bonds is 6. The van der Waals surface area contributed by atoms with Gasteiger partial charge in [0.1, 0.15) is 16.1 Å². The minimum atomic E-state index is 0.0463. The van der Waals surface area contributed by atoms with Crippen molar-refractivity contribution in [2.45, 2.75) is 38.3 Å². The van der Waals surface area contributed by atoms with E-state index in [-0.39, 0.29) is 5.91 Å². The van der Waals surface area contributed by atoms with E-state index in [2.05, 4.69) is 32.0 Å². The second-order valence-corrected chi connectivity index (χ2v) is 10.6. The molecule has 0 spiro atoms. The fourth-order valence-electron chi connectivity index (χ4n) is 5.30. The lowest BCUT2D eigenvalue weighted by molar-refractivity contribution is 0.0698. The van der Waals surface area contributed by atoms with Crippen molar-refractivity contribution < 1.29 is 9.53 Å². The maximum atomic E-state index is 13.4. The molecule has 2 aliphatic rings. The molecule has 1 aromatic carbocycles.